The van der Waals surface area contributed by atoms with Crippen molar-refractivity contribution in [2.24, 2.45) is 11.1 Å². The maximum Gasteiger partial charge on any atom is 0.171 e. The van der Waals surface area contributed by atoms with Crippen molar-refractivity contribution in [3.63, 3.8) is 0 Å². The van der Waals surface area contributed by atoms with Crippen molar-refractivity contribution in [3.8, 4) is 0 Å². The van der Waals surface area contributed by atoms with Crippen LogP contribution in [0.3, 0.4) is 0 Å². The molecule has 2 saturated heterocycles. The second-order valence-corrected chi connectivity index (χ2v) is 9.97. The Balaban J connectivity index is 1.47. The monoisotopic (exact) mass is 463 g/mol. The average Bonchev–Trinajstić information content (AvgIpc) is 3.36. The van der Waals surface area contributed by atoms with E-state index in [-0.39, 0.29) is 11.5 Å². The van der Waals surface area contributed by atoms with Crippen LogP contribution in [0.5, 0.6) is 0 Å². The molecule has 1 unspecified atom stereocenters. The number of ether oxygens (including phenoxy) is 1. The molecule has 0 saturated carbocycles. The minimum atomic E-state index is 0.117. The summed E-state index contributed by atoms with van der Waals surface area (Å²) in [5, 5.41) is 5.63. The number of benzene rings is 1. The summed E-state index contributed by atoms with van der Waals surface area (Å²) in [5.74, 6) is 1.06. The third-order valence-electron chi connectivity index (χ3n) is 6.36. The Kier molecular flexibility index (Phi) is 5.35. The van der Waals surface area contributed by atoms with E-state index in [2.05, 4.69) is 28.0 Å². The molecule has 2 aliphatic heterocycles. The summed E-state index contributed by atoms with van der Waals surface area (Å²) in [5.41, 5.74) is 8.42. The van der Waals surface area contributed by atoms with Crippen molar-refractivity contribution in [3.05, 3.63) is 46.2 Å². The number of rotatable bonds is 3. The molecule has 1 aromatic carbocycles. The first-order chi connectivity index (χ1) is 14.5. The van der Waals surface area contributed by atoms with Gasteiger partial charge in [-0.15, -0.1) is 0 Å². The molecular formula is C21H23Cl2N5OS. The molecule has 1 atom stereocenters. The van der Waals surface area contributed by atoms with E-state index in [1.54, 1.807) is 24.2 Å². The van der Waals surface area contributed by atoms with Gasteiger partial charge in [0.25, 0.3) is 0 Å². The predicted octanol–water partition coefficient (Wildman–Crippen LogP) is 4.44. The number of hydrogen-bond donors (Lipinski definition) is 1. The van der Waals surface area contributed by atoms with Crippen molar-refractivity contribution in [1.29, 1.82) is 0 Å². The fourth-order valence-corrected chi connectivity index (χ4v) is 5.94. The van der Waals surface area contributed by atoms with E-state index in [1.807, 2.05) is 16.6 Å². The molecule has 2 aliphatic rings. The van der Waals surface area contributed by atoms with Gasteiger partial charge in [-0.05, 0) is 43.5 Å². The molecule has 6 nitrogen and oxygen atoms in total. The lowest BCUT2D eigenvalue weighted by molar-refractivity contribution is 0.131. The number of halogens is 2. The van der Waals surface area contributed by atoms with Crippen LogP contribution in [0.25, 0.3) is 5.65 Å². The number of fused-ring (bicyclic) bond motifs is 1. The molecule has 4 heterocycles. The number of pyridine rings is 1. The summed E-state index contributed by atoms with van der Waals surface area (Å²) in [6.07, 6.45) is 3.66. The smallest absolute Gasteiger partial charge is 0.171 e. The first kappa shape index (κ1) is 20.4. The number of aryl methyl sites for hydroxylation is 1. The predicted molar refractivity (Wildman–Crippen MR) is 121 cm³/mol. The van der Waals surface area contributed by atoms with Gasteiger partial charge in [-0.25, -0.2) is 4.98 Å². The van der Waals surface area contributed by atoms with Crippen molar-refractivity contribution in [2.45, 2.75) is 35.6 Å². The summed E-state index contributed by atoms with van der Waals surface area (Å²) in [7, 11) is 0. The Hall–Kier alpha value is -1.51. The van der Waals surface area contributed by atoms with Gasteiger partial charge in [-0.1, -0.05) is 41.0 Å². The molecule has 5 rings (SSSR count). The van der Waals surface area contributed by atoms with Gasteiger partial charge >= 0.3 is 0 Å². The van der Waals surface area contributed by atoms with Crippen LogP contribution in [0.1, 0.15) is 18.4 Å². The number of nitrogens with two attached hydrogens (primary N) is 1. The quantitative estimate of drug-likeness (QED) is 0.618. The molecule has 9 heteroatoms. The Bertz CT molecular complexity index is 1100. The summed E-state index contributed by atoms with van der Waals surface area (Å²) >= 11 is 14.2. The zero-order chi connectivity index (χ0) is 20.9. The lowest BCUT2D eigenvalue weighted by atomic mass is 9.75. The molecule has 1 spiro atoms. The van der Waals surface area contributed by atoms with E-state index in [9.17, 15) is 0 Å². The Labute approximate surface area is 189 Å². The normalized spacial score (nSPS) is 21.1. The number of piperidine rings is 1. The van der Waals surface area contributed by atoms with Gasteiger partial charge in [-0.2, -0.15) is 9.61 Å². The van der Waals surface area contributed by atoms with Gasteiger partial charge in [0.05, 0.1) is 28.2 Å². The fraction of sp³-hybridized carbons (Fsp3) is 0.429. The van der Waals surface area contributed by atoms with Crippen LogP contribution in [0.2, 0.25) is 10.0 Å². The van der Waals surface area contributed by atoms with Gasteiger partial charge in [0.1, 0.15) is 12.1 Å². The van der Waals surface area contributed by atoms with Crippen molar-refractivity contribution >= 4 is 46.4 Å². The molecular weight excluding hydrogens is 441 g/mol. The average molecular weight is 464 g/mol. The maximum atomic E-state index is 6.42. The van der Waals surface area contributed by atoms with Crippen LogP contribution in [-0.4, -0.2) is 46.9 Å². The molecule has 158 valence electrons. The Morgan fingerprint density at radius 1 is 1.27 bits per heavy atom. The highest BCUT2D eigenvalue weighted by molar-refractivity contribution is 7.99. The van der Waals surface area contributed by atoms with Crippen LogP contribution in [0, 0.1) is 12.3 Å². The van der Waals surface area contributed by atoms with Crippen LogP contribution in [0.15, 0.2) is 40.4 Å². The van der Waals surface area contributed by atoms with Crippen LogP contribution in [0.4, 0.5) is 5.82 Å². The van der Waals surface area contributed by atoms with E-state index < -0.39 is 0 Å². The van der Waals surface area contributed by atoms with Crippen LogP contribution < -0.4 is 10.6 Å². The molecule has 3 aromatic rings. The molecule has 0 amide bonds. The molecule has 0 aliphatic carbocycles. The molecule has 30 heavy (non-hydrogen) atoms. The number of aromatic nitrogens is 3. The van der Waals surface area contributed by atoms with Gasteiger partial charge in [0.15, 0.2) is 5.65 Å². The second kappa shape index (κ2) is 7.88. The van der Waals surface area contributed by atoms with Crippen molar-refractivity contribution in [1.82, 2.24) is 14.6 Å². The summed E-state index contributed by atoms with van der Waals surface area (Å²) in [4.78, 5) is 8.87. The molecule has 0 radical (unpaired) electrons. The minimum absolute atomic E-state index is 0.117. The Morgan fingerprint density at radius 3 is 2.80 bits per heavy atom. The number of hydrogen-bond acceptors (Lipinski definition) is 6. The van der Waals surface area contributed by atoms with Crippen molar-refractivity contribution < 1.29 is 4.74 Å². The standard InChI is InChI=1S/C21H23Cl2N5OS/c1-13-9-17(27-7-5-21(6-8-27)11-29-10-16(21)24)28-20(25-12-26-28)19(13)30-15-4-2-3-14(22)18(15)23/h2-4,9,12,16H,5-8,10-11,24H2,1H3. The first-order valence-corrected chi connectivity index (χ1v) is 11.6. The van der Waals surface area contributed by atoms with E-state index in [0.29, 0.717) is 16.7 Å². The Morgan fingerprint density at radius 2 is 2.07 bits per heavy atom. The third kappa shape index (κ3) is 3.37. The van der Waals surface area contributed by atoms with E-state index >= 15 is 0 Å². The topological polar surface area (TPSA) is 68.7 Å². The molecule has 2 N–H and O–H groups in total. The number of nitrogens with zero attached hydrogens (tertiary/aromatic N) is 4. The van der Waals surface area contributed by atoms with Crippen molar-refractivity contribution in [2.75, 3.05) is 31.2 Å². The lowest BCUT2D eigenvalue weighted by Gasteiger charge is -2.41. The maximum absolute atomic E-state index is 6.42. The minimum Gasteiger partial charge on any atom is -0.379 e. The SMILES string of the molecule is Cc1cc(N2CCC3(CC2)COCC3N)n2ncnc2c1Sc1cccc(Cl)c1Cl. The van der Waals surface area contributed by atoms with Gasteiger partial charge in [-0.3, -0.25) is 0 Å². The molecule has 2 fully saturated rings. The summed E-state index contributed by atoms with van der Waals surface area (Å²) in [6.45, 7) is 5.40. The highest BCUT2D eigenvalue weighted by Gasteiger charge is 2.44. The van der Waals surface area contributed by atoms with Gasteiger partial charge in [0, 0.05) is 29.4 Å². The zero-order valence-electron chi connectivity index (χ0n) is 16.6. The van der Waals surface area contributed by atoms with E-state index in [4.69, 9.17) is 33.7 Å². The largest absolute Gasteiger partial charge is 0.379 e. The second-order valence-electron chi connectivity index (χ2n) is 8.14. The highest BCUT2D eigenvalue weighted by atomic mass is 35.5. The van der Waals surface area contributed by atoms with E-state index in [1.165, 1.54) is 0 Å². The summed E-state index contributed by atoms with van der Waals surface area (Å²) < 4.78 is 7.59. The fourth-order valence-electron chi connectivity index (χ4n) is 4.45. The zero-order valence-corrected chi connectivity index (χ0v) is 19.0. The number of anilines is 1. The summed E-state index contributed by atoms with van der Waals surface area (Å²) in [6, 6.07) is 7.99. The van der Waals surface area contributed by atoms with Gasteiger partial charge in [0.2, 0.25) is 0 Å². The highest BCUT2D eigenvalue weighted by Crippen LogP contribution is 2.42. The van der Waals surface area contributed by atoms with E-state index in [0.717, 1.165) is 59.4 Å². The third-order valence-corrected chi connectivity index (χ3v) is 8.56. The van der Waals surface area contributed by atoms with Crippen LogP contribution >= 0.6 is 35.0 Å². The lowest BCUT2D eigenvalue weighted by Crippen LogP contribution is -2.49. The molecule has 2 aromatic heterocycles. The van der Waals surface area contributed by atoms with Gasteiger partial charge < -0.3 is 15.4 Å². The first-order valence-electron chi connectivity index (χ1n) is 10.0. The molecule has 0 bridgehead atoms. The van der Waals surface area contributed by atoms with Crippen LogP contribution in [-0.2, 0) is 4.74 Å².